The van der Waals surface area contributed by atoms with Crippen LogP contribution in [-0.2, 0) is 17.8 Å². The molecule has 0 amide bonds. The molecular weight excluding hydrogens is 235 g/mol. The number of rotatable bonds is 7. The number of nitrogens with zero attached hydrogens (tertiary/aromatic N) is 2. The zero-order chi connectivity index (χ0) is 12.7. The van der Waals surface area contributed by atoms with E-state index in [4.69, 9.17) is 0 Å². The Balaban J connectivity index is 2.09. The molecule has 0 radical (unpaired) electrons. The van der Waals surface area contributed by atoms with Crippen LogP contribution in [0.5, 0.6) is 0 Å². The molecule has 1 heterocycles. The van der Waals surface area contributed by atoms with Crippen molar-refractivity contribution in [1.29, 1.82) is 0 Å². The Kier molecular flexibility index (Phi) is 5.43. The number of nitrogens with one attached hydrogen (secondary N) is 1. The average Bonchev–Trinajstić information content (AvgIpc) is 2.69. The summed E-state index contributed by atoms with van der Waals surface area (Å²) in [5.74, 6) is 0. The van der Waals surface area contributed by atoms with E-state index in [0.717, 1.165) is 12.2 Å². The highest BCUT2D eigenvalue weighted by Crippen LogP contribution is 2.13. The van der Waals surface area contributed by atoms with E-state index in [-0.39, 0.29) is 6.61 Å². The SMILES string of the molecule is CCn1cncc1CNCCOCC(F)(F)F. The van der Waals surface area contributed by atoms with Gasteiger partial charge in [-0.1, -0.05) is 0 Å². The van der Waals surface area contributed by atoms with Crippen LogP contribution in [0.25, 0.3) is 0 Å². The number of alkyl halides is 3. The first-order valence-electron chi connectivity index (χ1n) is 5.37. The van der Waals surface area contributed by atoms with E-state index in [0.29, 0.717) is 13.1 Å². The van der Waals surface area contributed by atoms with E-state index in [1.54, 1.807) is 12.5 Å². The van der Waals surface area contributed by atoms with E-state index < -0.39 is 12.8 Å². The van der Waals surface area contributed by atoms with Crippen LogP contribution in [0.2, 0.25) is 0 Å². The van der Waals surface area contributed by atoms with Crippen LogP contribution >= 0.6 is 0 Å². The van der Waals surface area contributed by atoms with Gasteiger partial charge in [-0.05, 0) is 6.92 Å². The molecule has 1 aromatic heterocycles. The van der Waals surface area contributed by atoms with Gasteiger partial charge in [0.05, 0.1) is 18.6 Å². The Labute approximate surface area is 97.8 Å². The van der Waals surface area contributed by atoms with Crippen molar-refractivity contribution in [2.24, 2.45) is 0 Å². The Morgan fingerprint density at radius 1 is 1.47 bits per heavy atom. The van der Waals surface area contributed by atoms with Gasteiger partial charge in [0, 0.05) is 25.8 Å². The first kappa shape index (κ1) is 14.0. The van der Waals surface area contributed by atoms with Crippen LogP contribution in [0.4, 0.5) is 13.2 Å². The molecule has 1 aromatic rings. The summed E-state index contributed by atoms with van der Waals surface area (Å²) in [4.78, 5) is 3.98. The van der Waals surface area contributed by atoms with Crippen LogP contribution in [0.1, 0.15) is 12.6 Å². The minimum absolute atomic E-state index is 0.0414. The third kappa shape index (κ3) is 5.69. The molecule has 4 nitrogen and oxygen atoms in total. The number of hydrogen-bond acceptors (Lipinski definition) is 3. The summed E-state index contributed by atoms with van der Waals surface area (Å²) in [5.41, 5.74) is 1.00. The molecule has 0 atom stereocenters. The van der Waals surface area contributed by atoms with Crippen molar-refractivity contribution in [3.05, 3.63) is 18.2 Å². The summed E-state index contributed by atoms with van der Waals surface area (Å²) in [6, 6.07) is 0. The van der Waals surface area contributed by atoms with E-state index in [1.807, 2.05) is 11.5 Å². The van der Waals surface area contributed by atoms with Gasteiger partial charge in [0.1, 0.15) is 6.61 Å². The fraction of sp³-hybridized carbons (Fsp3) is 0.700. The molecule has 0 saturated heterocycles. The van der Waals surface area contributed by atoms with Gasteiger partial charge >= 0.3 is 6.18 Å². The molecule has 0 saturated carbocycles. The normalized spacial score (nSPS) is 12.0. The highest BCUT2D eigenvalue weighted by molar-refractivity contribution is 4.97. The second-order valence-corrected chi connectivity index (χ2v) is 3.52. The minimum Gasteiger partial charge on any atom is -0.371 e. The zero-order valence-corrected chi connectivity index (χ0v) is 9.63. The Hall–Kier alpha value is -1.08. The van der Waals surface area contributed by atoms with Gasteiger partial charge in [0.15, 0.2) is 0 Å². The lowest BCUT2D eigenvalue weighted by Gasteiger charge is -2.09. The van der Waals surface area contributed by atoms with E-state index in [1.165, 1.54) is 0 Å². The highest BCUT2D eigenvalue weighted by atomic mass is 19.4. The Morgan fingerprint density at radius 3 is 2.88 bits per heavy atom. The quantitative estimate of drug-likeness (QED) is 0.748. The molecule has 0 aliphatic heterocycles. The number of ether oxygens (including phenoxy) is 1. The maximum absolute atomic E-state index is 11.7. The Bertz CT molecular complexity index is 325. The van der Waals surface area contributed by atoms with E-state index in [2.05, 4.69) is 15.0 Å². The summed E-state index contributed by atoms with van der Waals surface area (Å²) in [6.07, 6.45) is -0.801. The summed E-state index contributed by atoms with van der Waals surface area (Å²) in [7, 11) is 0. The maximum Gasteiger partial charge on any atom is 0.411 e. The number of imidazole rings is 1. The second-order valence-electron chi connectivity index (χ2n) is 3.52. The highest BCUT2D eigenvalue weighted by Gasteiger charge is 2.27. The molecule has 0 aromatic carbocycles. The van der Waals surface area contributed by atoms with Crippen molar-refractivity contribution in [1.82, 2.24) is 14.9 Å². The zero-order valence-electron chi connectivity index (χ0n) is 9.63. The number of halogens is 3. The summed E-state index contributed by atoms with van der Waals surface area (Å²) in [5, 5.41) is 3.00. The van der Waals surface area contributed by atoms with E-state index >= 15 is 0 Å². The molecular formula is C10H16F3N3O. The lowest BCUT2D eigenvalue weighted by Crippen LogP contribution is -2.24. The molecule has 7 heteroatoms. The predicted octanol–water partition coefficient (Wildman–Crippen LogP) is 1.57. The molecule has 0 unspecified atom stereocenters. The number of aromatic nitrogens is 2. The van der Waals surface area contributed by atoms with Crippen molar-refractivity contribution in [2.75, 3.05) is 19.8 Å². The van der Waals surface area contributed by atoms with Crippen molar-refractivity contribution in [2.45, 2.75) is 26.2 Å². The summed E-state index contributed by atoms with van der Waals surface area (Å²) in [6.45, 7) is 2.62. The average molecular weight is 251 g/mol. The first-order valence-corrected chi connectivity index (χ1v) is 5.37. The van der Waals surface area contributed by atoms with Crippen LogP contribution in [0.15, 0.2) is 12.5 Å². The third-order valence-corrected chi connectivity index (χ3v) is 2.13. The lowest BCUT2D eigenvalue weighted by molar-refractivity contribution is -0.173. The smallest absolute Gasteiger partial charge is 0.371 e. The molecule has 0 aliphatic rings. The molecule has 98 valence electrons. The summed E-state index contributed by atoms with van der Waals surface area (Å²) < 4.78 is 41.6. The maximum atomic E-state index is 11.7. The van der Waals surface area contributed by atoms with Crippen LogP contribution in [0, 0.1) is 0 Å². The van der Waals surface area contributed by atoms with Crippen molar-refractivity contribution in [3.63, 3.8) is 0 Å². The minimum atomic E-state index is -4.25. The van der Waals surface area contributed by atoms with Crippen LogP contribution < -0.4 is 5.32 Å². The van der Waals surface area contributed by atoms with Gasteiger partial charge in [-0.25, -0.2) is 4.98 Å². The van der Waals surface area contributed by atoms with Crippen LogP contribution in [-0.4, -0.2) is 35.5 Å². The van der Waals surface area contributed by atoms with Crippen molar-refractivity contribution < 1.29 is 17.9 Å². The predicted molar refractivity (Wildman–Crippen MR) is 56.5 cm³/mol. The molecule has 17 heavy (non-hydrogen) atoms. The van der Waals surface area contributed by atoms with Gasteiger partial charge in [0.25, 0.3) is 0 Å². The number of hydrogen-bond donors (Lipinski definition) is 1. The number of aryl methyl sites for hydroxylation is 1. The van der Waals surface area contributed by atoms with Gasteiger partial charge in [-0.15, -0.1) is 0 Å². The molecule has 0 fully saturated rings. The molecule has 0 aliphatic carbocycles. The van der Waals surface area contributed by atoms with Gasteiger partial charge < -0.3 is 14.6 Å². The van der Waals surface area contributed by atoms with Crippen LogP contribution in [0.3, 0.4) is 0 Å². The van der Waals surface area contributed by atoms with Gasteiger partial charge in [-0.2, -0.15) is 13.2 Å². The topological polar surface area (TPSA) is 39.1 Å². The van der Waals surface area contributed by atoms with Crippen molar-refractivity contribution in [3.8, 4) is 0 Å². The van der Waals surface area contributed by atoms with Gasteiger partial charge in [0.2, 0.25) is 0 Å². The first-order chi connectivity index (χ1) is 8.03. The summed E-state index contributed by atoms with van der Waals surface area (Å²) >= 11 is 0. The lowest BCUT2D eigenvalue weighted by atomic mass is 10.4. The van der Waals surface area contributed by atoms with E-state index in [9.17, 15) is 13.2 Å². The largest absolute Gasteiger partial charge is 0.411 e. The fourth-order valence-electron chi connectivity index (χ4n) is 1.33. The second kappa shape index (κ2) is 6.61. The van der Waals surface area contributed by atoms with Crippen molar-refractivity contribution >= 4 is 0 Å². The van der Waals surface area contributed by atoms with Gasteiger partial charge in [-0.3, -0.25) is 0 Å². The Morgan fingerprint density at radius 2 is 2.24 bits per heavy atom. The molecule has 0 bridgehead atoms. The standard InChI is InChI=1S/C10H16F3N3O/c1-2-16-8-15-6-9(16)5-14-3-4-17-7-10(11,12)13/h6,8,14H,2-5,7H2,1H3. The molecule has 1 N–H and O–H groups in total. The fourth-order valence-corrected chi connectivity index (χ4v) is 1.33. The molecule has 1 rings (SSSR count). The molecule has 0 spiro atoms. The monoisotopic (exact) mass is 251 g/mol. The third-order valence-electron chi connectivity index (χ3n) is 2.13.